The zero-order chi connectivity index (χ0) is 19.8. The van der Waals surface area contributed by atoms with Gasteiger partial charge in [0, 0.05) is 6.21 Å². The number of hydrogen-bond donors (Lipinski definition) is 1. The number of hydrogen-bond acceptors (Lipinski definition) is 2. The minimum Gasteiger partial charge on any atom is -0.393 e. The van der Waals surface area contributed by atoms with Crippen LogP contribution in [-0.4, -0.2) is 17.4 Å². The first-order valence-corrected chi connectivity index (χ1v) is 11.7. The van der Waals surface area contributed by atoms with Crippen LogP contribution in [0.3, 0.4) is 0 Å². The SMILES string of the molecule is C[C@]12CC[C@H](O)CC1=CC[C@@H]1[C@@H]2CC[C@]2(C)C(c3ccc4c(c3)CN=C4)=CC[C@@H]12. The fourth-order valence-electron chi connectivity index (χ4n) is 7.94. The van der Waals surface area contributed by atoms with Gasteiger partial charge >= 0.3 is 0 Å². The molecular formula is C27H33NO. The monoisotopic (exact) mass is 387 g/mol. The molecule has 1 heterocycles. The van der Waals surface area contributed by atoms with Crippen molar-refractivity contribution in [3.05, 3.63) is 52.6 Å². The molecule has 29 heavy (non-hydrogen) atoms. The molecule has 6 rings (SSSR count). The highest BCUT2D eigenvalue weighted by atomic mass is 16.3. The second-order valence-electron chi connectivity index (χ2n) is 10.8. The molecule has 2 heteroatoms. The first-order chi connectivity index (χ1) is 14.0. The summed E-state index contributed by atoms with van der Waals surface area (Å²) in [7, 11) is 0. The van der Waals surface area contributed by atoms with Gasteiger partial charge in [-0.2, -0.15) is 0 Å². The van der Waals surface area contributed by atoms with Crippen molar-refractivity contribution in [2.75, 3.05) is 0 Å². The van der Waals surface area contributed by atoms with Gasteiger partial charge in [-0.05, 0) is 102 Å². The maximum absolute atomic E-state index is 10.2. The Morgan fingerprint density at radius 3 is 2.76 bits per heavy atom. The van der Waals surface area contributed by atoms with Crippen LogP contribution in [0.1, 0.15) is 75.5 Å². The van der Waals surface area contributed by atoms with E-state index in [9.17, 15) is 5.11 Å². The zero-order valence-electron chi connectivity index (χ0n) is 17.8. The summed E-state index contributed by atoms with van der Waals surface area (Å²) < 4.78 is 0. The van der Waals surface area contributed by atoms with Gasteiger partial charge in [0.2, 0.25) is 0 Å². The van der Waals surface area contributed by atoms with Gasteiger partial charge < -0.3 is 5.11 Å². The number of fused-ring (bicyclic) bond motifs is 6. The third kappa shape index (κ3) is 2.48. The molecule has 1 aliphatic heterocycles. The molecule has 0 unspecified atom stereocenters. The smallest absolute Gasteiger partial charge is 0.0646 e. The van der Waals surface area contributed by atoms with Gasteiger partial charge in [-0.25, -0.2) is 0 Å². The molecule has 4 aliphatic carbocycles. The summed E-state index contributed by atoms with van der Waals surface area (Å²) in [5, 5.41) is 10.2. The molecular weight excluding hydrogens is 354 g/mol. The van der Waals surface area contributed by atoms with E-state index in [-0.39, 0.29) is 6.10 Å². The molecule has 0 aromatic heterocycles. The van der Waals surface area contributed by atoms with Gasteiger partial charge in [-0.15, -0.1) is 0 Å². The molecule has 2 fully saturated rings. The van der Waals surface area contributed by atoms with E-state index >= 15 is 0 Å². The maximum Gasteiger partial charge on any atom is 0.0646 e. The molecule has 2 saturated carbocycles. The van der Waals surface area contributed by atoms with Crippen LogP contribution in [0.25, 0.3) is 5.57 Å². The third-order valence-electron chi connectivity index (χ3n) is 9.60. The lowest BCUT2D eigenvalue weighted by molar-refractivity contribution is -0.0238. The van der Waals surface area contributed by atoms with E-state index in [0.717, 1.165) is 37.1 Å². The molecule has 0 saturated heterocycles. The Morgan fingerprint density at radius 2 is 1.86 bits per heavy atom. The van der Waals surface area contributed by atoms with Crippen molar-refractivity contribution >= 4 is 11.8 Å². The molecule has 0 spiro atoms. The van der Waals surface area contributed by atoms with E-state index in [2.05, 4.69) is 49.2 Å². The van der Waals surface area contributed by atoms with Crippen LogP contribution in [0.5, 0.6) is 0 Å². The number of rotatable bonds is 1. The van der Waals surface area contributed by atoms with E-state index in [0.29, 0.717) is 10.8 Å². The predicted molar refractivity (Wildman–Crippen MR) is 119 cm³/mol. The van der Waals surface area contributed by atoms with Crippen molar-refractivity contribution in [1.82, 2.24) is 0 Å². The van der Waals surface area contributed by atoms with Gasteiger partial charge in [0.05, 0.1) is 12.6 Å². The van der Waals surface area contributed by atoms with Crippen molar-refractivity contribution in [2.24, 2.45) is 33.6 Å². The molecule has 0 bridgehead atoms. The van der Waals surface area contributed by atoms with Crippen LogP contribution in [-0.2, 0) is 6.54 Å². The second kappa shape index (κ2) is 6.17. The van der Waals surface area contributed by atoms with E-state index in [1.54, 1.807) is 11.1 Å². The van der Waals surface area contributed by atoms with Crippen LogP contribution in [0.15, 0.2) is 40.9 Å². The molecule has 0 amide bonds. The standard InChI is InChI=1S/C27H33NO/c1-26-11-9-21(29)14-20(26)5-6-22-24-8-7-23(27(24,2)12-10-25(22)26)17-3-4-18-15-28-16-19(18)13-17/h3-5,7,13,15,21-22,24-25,29H,6,8-12,14,16H2,1-2H3/t21-,22-,24-,25-,26-,27+/m0/s1. The summed E-state index contributed by atoms with van der Waals surface area (Å²) >= 11 is 0. The largest absolute Gasteiger partial charge is 0.393 e. The average molecular weight is 388 g/mol. The summed E-state index contributed by atoms with van der Waals surface area (Å²) in [6.07, 6.45) is 15.2. The van der Waals surface area contributed by atoms with Gasteiger partial charge in [0.15, 0.2) is 0 Å². The number of allylic oxidation sites excluding steroid dienone is 3. The summed E-state index contributed by atoms with van der Waals surface area (Å²) in [6.45, 7) is 5.93. The van der Waals surface area contributed by atoms with Gasteiger partial charge in [-0.1, -0.05) is 43.7 Å². The van der Waals surface area contributed by atoms with Crippen LogP contribution in [0, 0.1) is 28.6 Å². The van der Waals surface area contributed by atoms with Crippen LogP contribution < -0.4 is 0 Å². The van der Waals surface area contributed by atoms with Crippen molar-refractivity contribution in [3.8, 4) is 0 Å². The Labute approximate surface area is 174 Å². The summed E-state index contributed by atoms with van der Waals surface area (Å²) in [4.78, 5) is 4.45. The highest BCUT2D eigenvalue weighted by molar-refractivity contribution is 5.86. The van der Waals surface area contributed by atoms with Gasteiger partial charge in [0.1, 0.15) is 0 Å². The fourth-order valence-corrected chi connectivity index (χ4v) is 7.94. The van der Waals surface area contributed by atoms with Crippen molar-refractivity contribution in [2.45, 2.75) is 71.4 Å². The molecule has 5 aliphatic rings. The summed E-state index contributed by atoms with van der Waals surface area (Å²) in [6, 6.07) is 7.02. The van der Waals surface area contributed by atoms with E-state index < -0.39 is 0 Å². The predicted octanol–water partition coefficient (Wildman–Crippen LogP) is 5.94. The van der Waals surface area contributed by atoms with E-state index in [1.807, 2.05) is 6.21 Å². The van der Waals surface area contributed by atoms with E-state index in [4.69, 9.17) is 0 Å². The maximum atomic E-state index is 10.2. The lowest BCUT2D eigenvalue weighted by Gasteiger charge is -2.57. The molecule has 152 valence electrons. The molecule has 1 N–H and O–H groups in total. The first-order valence-electron chi connectivity index (χ1n) is 11.7. The highest BCUT2D eigenvalue weighted by Gasteiger charge is 2.56. The topological polar surface area (TPSA) is 32.6 Å². The Kier molecular flexibility index (Phi) is 3.86. The number of aliphatic hydroxyl groups is 1. The summed E-state index contributed by atoms with van der Waals surface area (Å²) in [5.41, 5.74) is 7.96. The molecule has 0 radical (unpaired) electrons. The molecule has 1 aromatic carbocycles. The van der Waals surface area contributed by atoms with Gasteiger partial charge in [0.25, 0.3) is 0 Å². The Balaban J connectivity index is 1.32. The van der Waals surface area contributed by atoms with Crippen LogP contribution in [0.4, 0.5) is 0 Å². The molecule has 2 nitrogen and oxygen atoms in total. The lowest BCUT2D eigenvalue weighted by atomic mass is 9.47. The fraction of sp³-hybridized carbons (Fsp3) is 0.593. The van der Waals surface area contributed by atoms with Crippen LogP contribution in [0.2, 0.25) is 0 Å². The van der Waals surface area contributed by atoms with E-state index in [1.165, 1.54) is 48.8 Å². The minimum absolute atomic E-state index is 0.108. The van der Waals surface area contributed by atoms with Crippen molar-refractivity contribution < 1.29 is 5.11 Å². The Bertz CT molecular complexity index is 955. The summed E-state index contributed by atoms with van der Waals surface area (Å²) in [5.74, 6) is 2.36. The van der Waals surface area contributed by atoms with Crippen LogP contribution >= 0.6 is 0 Å². The first kappa shape index (κ1) is 18.1. The Hall–Kier alpha value is -1.67. The van der Waals surface area contributed by atoms with Crippen molar-refractivity contribution in [3.63, 3.8) is 0 Å². The normalized spacial score (nSPS) is 42.4. The lowest BCUT2D eigenvalue weighted by Crippen LogP contribution is -2.49. The highest BCUT2D eigenvalue weighted by Crippen LogP contribution is 2.66. The quantitative estimate of drug-likeness (QED) is 0.595. The molecule has 6 atom stereocenters. The molecule has 1 aromatic rings. The Morgan fingerprint density at radius 1 is 1.00 bits per heavy atom. The zero-order valence-corrected chi connectivity index (χ0v) is 17.8. The van der Waals surface area contributed by atoms with Gasteiger partial charge in [-0.3, -0.25) is 4.99 Å². The van der Waals surface area contributed by atoms with Crippen molar-refractivity contribution in [1.29, 1.82) is 0 Å². The average Bonchev–Trinajstić information content (AvgIpc) is 3.31. The second-order valence-corrected chi connectivity index (χ2v) is 10.8. The number of nitrogens with zero attached hydrogens (tertiary/aromatic N) is 1. The number of aliphatic imine (C=N–C) groups is 1. The number of aliphatic hydroxyl groups excluding tert-OH is 1. The number of benzene rings is 1. The third-order valence-corrected chi connectivity index (χ3v) is 9.60. The minimum atomic E-state index is -0.108.